The Kier molecular flexibility index (Phi) is 8.62. The molecular formula is C23H34N6O3S. The first-order valence-electron chi connectivity index (χ1n) is 11.7. The Morgan fingerprint density at radius 3 is 2.45 bits per heavy atom. The van der Waals surface area contributed by atoms with E-state index in [0.717, 1.165) is 38.6 Å². The number of nitrogens with one attached hydrogen (secondary N) is 3. The number of nitrogens with zero attached hydrogens (tertiary/aromatic N) is 3. The number of hydrogen-bond acceptors (Lipinski definition) is 7. The molecule has 0 atom stereocenters. The molecule has 0 aliphatic heterocycles. The molecule has 1 aliphatic rings. The molecule has 3 N–H and O–H groups in total. The van der Waals surface area contributed by atoms with E-state index in [4.69, 9.17) is 0 Å². The van der Waals surface area contributed by atoms with Gasteiger partial charge >= 0.3 is 0 Å². The Labute approximate surface area is 196 Å². The van der Waals surface area contributed by atoms with E-state index in [1.54, 1.807) is 12.1 Å². The lowest BCUT2D eigenvalue weighted by Gasteiger charge is -2.19. The molecule has 1 aromatic heterocycles. The molecule has 1 amide bonds. The van der Waals surface area contributed by atoms with Crippen LogP contribution in [0.2, 0.25) is 0 Å². The molecule has 1 heterocycles. The van der Waals surface area contributed by atoms with Gasteiger partial charge in [-0.25, -0.2) is 13.4 Å². The van der Waals surface area contributed by atoms with Crippen molar-refractivity contribution in [3.8, 4) is 0 Å². The minimum absolute atomic E-state index is 0.206. The first kappa shape index (κ1) is 24.9. The van der Waals surface area contributed by atoms with Gasteiger partial charge in [0.25, 0.3) is 5.91 Å². The van der Waals surface area contributed by atoms with Crippen molar-refractivity contribution in [3.05, 3.63) is 36.0 Å². The average Bonchev–Trinajstić information content (AvgIpc) is 3.62. The molecule has 0 spiro atoms. The molecule has 33 heavy (non-hydrogen) atoms. The zero-order valence-electron chi connectivity index (χ0n) is 19.6. The molecule has 0 saturated heterocycles. The fraction of sp³-hybridized carbons (Fsp3) is 0.522. The van der Waals surface area contributed by atoms with Crippen LogP contribution in [0.1, 0.15) is 63.2 Å². The number of rotatable bonds is 13. The molecule has 3 rings (SSSR count). The highest BCUT2D eigenvalue weighted by Gasteiger charge is 2.25. The number of carbonyl (C=O) groups is 1. The molecule has 1 aliphatic carbocycles. The van der Waals surface area contributed by atoms with E-state index in [1.165, 1.54) is 22.6 Å². The van der Waals surface area contributed by atoms with Crippen LogP contribution in [-0.4, -0.2) is 54.3 Å². The number of anilines is 3. The molecular weight excluding hydrogens is 440 g/mol. The summed E-state index contributed by atoms with van der Waals surface area (Å²) in [6, 6.07) is 6.55. The quantitative estimate of drug-likeness (QED) is 0.377. The SMILES string of the molecule is CCCCNc1ncc(C(=O)Nc2ccc(S(=O)(=O)N(CC)CCC)cc2)c(NC2CC2)n1. The fourth-order valence-corrected chi connectivity index (χ4v) is 4.84. The predicted molar refractivity (Wildman–Crippen MR) is 131 cm³/mol. The van der Waals surface area contributed by atoms with Gasteiger partial charge < -0.3 is 16.0 Å². The highest BCUT2D eigenvalue weighted by Crippen LogP contribution is 2.27. The van der Waals surface area contributed by atoms with Crippen molar-refractivity contribution >= 4 is 33.4 Å². The maximum atomic E-state index is 13.0. The number of carbonyl (C=O) groups excluding carboxylic acids is 1. The van der Waals surface area contributed by atoms with Gasteiger partial charge in [-0.15, -0.1) is 0 Å². The maximum Gasteiger partial charge on any atom is 0.260 e. The lowest BCUT2D eigenvalue weighted by atomic mass is 10.2. The first-order chi connectivity index (χ1) is 15.9. The number of unbranched alkanes of at least 4 members (excludes halogenated alkanes) is 1. The topological polar surface area (TPSA) is 116 Å². The summed E-state index contributed by atoms with van der Waals surface area (Å²) >= 11 is 0. The van der Waals surface area contributed by atoms with Crippen LogP contribution in [0.5, 0.6) is 0 Å². The van der Waals surface area contributed by atoms with Gasteiger partial charge in [0.15, 0.2) is 0 Å². The van der Waals surface area contributed by atoms with Crippen molar-refractivity contribution in [2.45, 2.75) is 63.8 Å². The first-order valence-corrected chi connectivity index (χ1v) is 13.1. The molecule has 0 radical (unpaired) electrons. The van der Waals surface area contributed by atoms with Crippen LogP contribution in [-0.2, 0) is 10.0 Å². The van der Waals surface area contributed by atoms with Gasteiger partial charge in [-0.2, -0.15) is 9.29 Å². The van der Waals surface area contributed by atoms with Crippen molar-refractivity contribution < 1.29 is 13.2 Å². The van der Waals surface area contributed by atoms with Gasteiger partial charge in [-0.3, -0.25) is 4.79 Å². The summed E-state index contributed by atoms with van der Waals surface area (Å²) in [5.41, 5.74) is 0.847. The standard InChI is InChI=1S/C23H34N6O3S/c1-4-7-14-24-23-25-16-20(21(28-23)26-17-8-9-17)22(30)27-18-10-12-19(13-11-18)33(31,32)29(6-3)15-5-2/h10-13,16-17H,4-9,14-15H2,1-3H3,(H,27,30)(H2,24,25,26,28). The van der Waals surface area contributed by atoms with E-state index in [9.17, 15) is 13.2 Å². The Balaban J connectivity index is 1.73. The molecule has 10 heteroatoms. The lowest BCUT2D eigenvalue weighted by molar-refractivity contribution is 0.102. The van der Waals surface area contributed by atoms with Crippen LogP contribution in [0.15, 0.2) is 35.4 Å². The molecule has 0 unspecified atom stereocenters. The summed E-state index contributed by atoms with van der Waals surface area (Å²) in [6.07, 6.45) is 6.43. The summed E-state index contributed by atoms with van der Waals surface area (Å²) in [5, 5.41) is 9.31. The number of benzene rings is 1. The summed E-state index contributed by atoms with van der Waals surface area (Å²) in [5.74, 6) is 0.640. The Bertz CT molecular complexity index is 1040. The summed E-state index contributed by atoms with van der Waals surface area (Å²) < 4.78 is 27.0. The Hall–Kier alpha value is -2.72. The van der Waals surface area contributed by atoms with E-state index < -0.39 is 10.0 Å². The number of sulfonamides is 1. The number of hydrogen-bond donors (Lipinski definition) is 3. The number of amides is 1. The average molecular weight is 475 g/mol. The Morgan fingerprint density at radius 2 is 1.85 bits per heavy atom. The zero-order chi connectivity index (χ0) is 23.8. The molecule has 1 saturated carbocycles. The maximum absolute atomic E-state index is 13.0. The van der Waals surface area contributed by atoms with Gasteiger partial charge in [0.2, 0.25) is 16.0 Å². The van der Waals surface area contributed by atoms with Gasteiger partial charge in [0.05, 0.1) is 4.90 Å². The van der Waals surface area contributed by atoms with Crippen molar-refractivity contribution in [1.82, 2.24) is 14.3 Å². The molecule has 9 nitrogen and oxygen atoms in total. The van der Waals surface area contributed by atoms with Crippen LogP contribution >= 0.6 is 0 Å². The van der Waals surface area contributed by atoms with Gasteiger partial charge in [0, 0.05) is 37.6 Å². The monoisotopic (exact) mass is 474 g/mol. The third-order valence-corrected chi connectivity index (χ3v) is 7.33. The van der Waals surface area contributed by atoms with Crippen molar-refractivity contribution in [3.63, 3.8) is 0 Å². The third kappa shape index (κ3) is 6.64. The normalized spacial score (nSPS) is 13.7. The summed E-state index contributed by atoms with van der Waals surface area (Å²) in [7, 11) is -3.55. The minimum atomic E-state index is -3.55. The molecule has 2 aromatic rings. The van der Waals surface area contributed by atoms with Gasteiger partial charge in [-0.05, 0) is 49.9 Å². The molecule has 180 valence electrons. The van der Waals surface area contributed by atoms with E-state index in [2.05, 4.69) is 32.8 Å². The third-order valence-electron chi connectivity index (χ3n) is 5.34. The van der Waals surface area contributed by atoms with Crippen LogP contribution in [0.25, 0.3) is 0 Å². The van der Waals surface area contributed by atoms with Crippen LogP contribution < -0.4 is 16.0 Å². The highest BCUT2D eigenvalue weighted by atomic mass is 32.2. The second-order valence-corrected chi connectivity index (χ2v) is 10.1. The molecule has 1 aromatic carbocycles. The van der Waals surface area contributed by atoms with E-state index in [1.807, 2.05) is 13.8 Å². The van der Waals surface area contributed by atoms with Crippen molar-refractivity contribution in [2.24, 2.45) is 0 Å². The lowest BCUT2D eigenvalue weighted by Crippen LogP contribution is -2.31. The van der Waals surface area contributed by atoms with E-state index >= 15 is 0 Å². The highest BCUT2D eigenvalue weighted by molar-refractivity contribution is 7.89. The number of aromatic nitrogens is 2. The molecule has 1 fully saturated rings. The van der Waals surface area contributed by atoms with Crippen LogP contribution in [0.4, 0.5) is 17.5 Å². The largest absolute Gasteiger partial charge is 0.367 e. The Morgan fingerprint density at radius 1 is 1.12 bits per heavy atom. The van der Waals surface area contributed by atoms with Gasteiger partial charge in [-0.1, -0.05) is 27.2 Å². The van der Waals surface area contributed by atoms with Crippen LogP contribution in [0.3, 0.4) is 0 Å². The van der Waals surface area contributed by atoms with Crippen LogP contribution in [0, 0.1) is 0 Å². The second kappa shape index (κ2) is 11.4. The van der Waals surface area contributed by atoms with E-state index in [0.29, 0.717) is 42.1 Å². The zero-order valence-corrected chi connectivity index (χ0v) is 20.4. The predicted octanol–water partition coefficient (Wildman–Crippen LogP) is 3.94. The summed E-state index contributed by atoms with van der Waals surface area (Å²) in [4.78, 5) is 21.9. The smallest absolute Gasteiger partial charge is 0.260 e. The van der Waals surface area contributed by atoms with E-state index in [-0.39, 0.29) is 10.8 Å². The fourth-order valence-electron chi connectivity index (χ4n) is 3.30. The van der Waals surface area contributed by atoms with Crippen molar-refractivity contribution in [1.29, 1.82) is 0 Å². The van der Waals surface area contributed by atoms with Gasteiger partial charge in [0.1, 0.15) is 11.4 Å². The molecule has 0 bridgehead atoms. The second-order valence-electron chi connectivity index (χ2n) is 8.13. The minimum Gasteiger partial charge on any atom is -0.367 e. The van der Waals surface area contributed by atoms with Crippen molar-refractivity contribution in [2.75, 3.05) is 35.6 Å². The summed E-state index contributed by atoms with van der Waals surface area (Å²) in [6.45, 7) is 7.53.